The third kappa shape index (κ3) is 10.5. The van der Waals surface area contributed by atoms with Crippen LogP contribution in [0.3, 0.4) is 0 Å². The van der Waals surface area contributed by atoms with Gasteiger partial charge in [0.05, 0.1) is 0 Å². The molecule has 163 valence electrons. The standard InChI is InChI=1S/C15H18FN.C5H6.C2H5NO.C2H6N.Y/c1-9-10(2)17-13-8-7-12(16)15(14(9)13)11-5-3-4-6-11;1-3-5-4-2;1-2(3)4;1-3-2;/h7-8,11,17H,3-6H2,1-2H3;3H,1H2,2H3;1H3,(H2,3,4);1-2H3;/q;;;-1;. The average molecular weight is 489 g/mol. The number of fused-ring (bicyclic) bond motifs is 1. The quantitative estimate of drug-likeness (QED) is 0.482. The van der Waals surface area contributed by atoms with Gasteiger partial charge in [-0.05, 0) is 63.3 Å². The summed E-state index contributed by atoms with van der Waals surface area (Å²) in [6, 6.07) is 3.48. The van der Waals surface area contributed by atoms with Gasteiger partial charge in [-0.25, -0.2) is 4.39 Å². The number of amides is 1. The summed E-state index contributed by atoms with van der Waals surface area (Å²) in [6.45, 7) is 10.6. The van der Waals surface area contributed by atoms with Gasteiger partial charge in [-0.15, -0.1) is 5.92 Å². The van der Waals surface area contributed by atoms with E-state index in [1.54, 1.807) is 33.2 Å². The minimum absolute atomic E-state index is 0. The van der Waals surface area contributed by atoms with Crippen molar-refractivity contribution in [1.82, 2.24) is 4.98 Å². The van der Waals surface area contributed by atoms with Crippen LogP contribution in [0, 0.1) is 31.5 Å². The van der Waals surface area contributed by atoms with Crippen molar-refractivity contribution in [2.45, 2.75) is 59.3 Å². The van der Waals surface area contributed by atoms with Crippen LogP contribution < -0.4 is 5.73 Å². The second-order valence-electron chi connectivity index (χ2n) is 6.90. The molecule has 0 bridgehead atoms. The van der Waals surface area contributed by atoms with E-state index >= 15 is 0 Å². The molecule has 4 nitrogen and oxygen atoms in total. The molecule has 1 saturated carbocycles. The second-order valence-corrected chi connectivity index (χ2v) is 6.90. The minimum Gasteiger partial charge on any atom is -0.668 e. The molecule has 0 unspecified atom stereocenters. The largest absolute Gasteiger partial charge is 0.668 e. The van der Waals surface area contributed by atoms with Crippen LogP contribution in [-0.4, -0.2) is 25.0 Å². The number of nitrogens with zero attached hydrogens (tertiary/aromatic N) is 1. The van der Waals surface area contributed by atoms with Crippen LogP contribution in [0.15, 0.2) is 24.8 Å². The van der Waals surface area contributed by atoms with Crippen molar-refractivity contribution in [2.75, 3.05) is 14.1 Å². The van der Waals surface area contributed by atoms with Crippen LogP contribution in [0.25, 0.3) is 16.2 Å². The molecular weight excluding hydrogens is 454 g/mol. The summed E-state index contributed by atoms with van der Waals surface area (Å²) in [5.41, 5.74) is 8.89. The van der Waals surface area contributed by atoms with E-state index < -0.39 is 0 Å². The summed E-state index contributed by atoms with van der Waals surface area (Å²) in [7, 11) is 3.50. The zero-order valence-electron chi connectivity index (χ0n) is 19.2. The average Bonchev–Trinajstić information content (AvgIpc) is 3.26. The van der Waals surface area contributed by atoms with Crippen molar-refractivity contribution < 1.29 is 41.9 Å². The summed E-state index contributed by atoms with van der Waals surface area (Å²) in [6.07, 6.45) is 6.32. The molecule has 1 heterocycles. The van der Waals surface area contributed by atoms with Crippen LogP contribution in [0.2, 0.25) is 0 Å². The van der Waals surface area contributed by atoms with Crippen LogP contribution in [0.1, 0.15) is 62.3 Å². The summed E-state index contributed by atoms with van der Waals surface area (Å²) in [4.78, 5) is 12.6. The number of carbonyl (C=O) groups excluding carboxylic acids is 1. The summed E-state index contributed by atoms with van der Waals surface area (Å²) in [5, 5.41) is 4.63. The number of aromatic amines is 1. The smallest absolute Gasteiger partial charge is 0.214 e. The van der Waals surface area contributed by atoms with Gasteiger partial charge >= 0.3 is 0 Å². The zero-order chi connectivity index (χ0) is 22.4. The maximum Gasteiger partial charge on any atom is 0.214 e. The van der Waals surface area contributed by atoms with Gasteiger partial charge in [0, 0.05) is 61.8 Å². The number of rotatable bonds is 1. The van der Waals surface area contributed by atoms with Crippen LogP contribution >= 0.6 is 0 Å². The first-order valence-electron chi connectivity index (χ1n) is 9.79. The molecule has 30 heavy (non-hydrogen) atoms. The van der Waals surface area contributed by atoms with Crippen LogP contribution in [0.5, 0.6) is 0 Å². The SMILES string of the molecule is C=CC#CC.CC(N)=O.C[N-]C.Cc1[nH]c2ccc(F)c(C3CCCC3)c2c1C.[Y]. The number of halogens is 1. The Morgan fingerprint density at radius 1 is 1.30 bits per heavy atom. The third-order valence-corrected chi connectivity index (χ3v) is 4.46. The maximum absolute atomic E-state index is 14.1. The molecular formula is C24H35FN3OY-. The van der Waals surface area contributed by atoms with Gasteiger partial charge in [-0.2, -0.15) is 14.1 Å². The molecule has 0 saturated heterocycles. The number of aromatic nitrogens is 1. The van der Waals surface area contributed by atoms with Crippen LogP contribution in [-0.2, 0) is 37.5 Å². The summed E-state index contributed by atoms with van der Waals surface area (Å²) >= 11 is 0. The van der Waals surface area contributed by atoms with Crippen molar-refractivity contribution in [3.63, 3.8) is 0 Å². The Morgan fingerprint density at radius 3 is 2.20 bits per heavy atom. The number of hydrogen-bond acceptors (Lipinski definition) is 1. The van der Waals surface area contributed by atoms with Gasteiger partial charge in [0.1, 0.15) is 5.82 Å². The van der Waals surface area contributed by atoms with Gasteiger partial charge in [0.2, 0.25) is 5.91 Å². The zero-order valence-corrected chi connectivity index (χ0v) is 22.1. The molecule has 0 aliphatic heterocycles. The Morgan fingerprint density at radius 2 is 1.80 bits per heavy atom. The Labute approximate surface area is 206 Å². The van der Waals surface area contributed by atoms with Crippen LogP contribution in [0.4, 0.5) is 4.39 Å². The molecule has 1 aromatic heterocycles. The van der Waals surface area contributed by atoms with Gasteiger partial charge in [0.25, 0.3) is 0 Å². The van der Waals surface area contributed by atoms with Crippen molar-refractivity contribution in [1.29, 1.82) is 0 Å². The minimum atomic E-state index is -0.333. The predicted octanol–water partition coefficient (Wildman–Crippen LogP) is 5.89. The summed E-state index contributed by atoms with van der Waals surface area (Å²) < 4.78 is 14.1. The molecule has 1 amide bonds. The number of benzene rings is 1. The topological polar surface area (TPSA) is 73.0 Å². The Balaban J connectivity index is 0. The first kappa shape index (κ1) is 30.7. The van der Waals surface area contributed by atoms with Gasteiger partial charge in [-0.3, -0.25) is 4.79 Å². The number of H-pyrrole nitrogens is 1. The van der Waals surface area contributed by atoms with E-state index in [1.165, 1.54) is 25.3 Å². The van der Waals surface area contributed by atoms with Crippen molar-refractivity contribution in [2.24, 2.45) is 5.73 Å². The molecule has 0 atom stereocenters. The van der Waals surface area contributed by atoms with E-state index in [0.717, 1.165) is 35.0 Å². The number of nitrogens with one attached hydrogen (secondary N) is 1. The molecule has 1 aromatic carbocycles. The number of nitrogens with two attached hydrogens (primary N) is 1. The number of carbonyl (C=O) groups is 1. The van der Waals surface area contributed by atoms with E-state index in [1.807, 2.05) is 6.07 Å². The van der Waals surface area contributed by atoms with Crippen molar-refractivity contribution in [3.8, 4) is 11.8 Å². The number of hydrogen-bond donors (Lipinski definition) is 2. The molecule has 3 N–H and O–H groups in total. The fourth-order valence-electron chi connectivity index (χ4n) is 3.30. The maximum atomic E-state index is 14.1. The Bertz CT molecular complexity index is 839. The molecule has 0 spiro atoms. The normalized spacial score (nSPS) is 11.8. The number of primary amides is 1. The van der Waals surface area contributed by atoms with Gasteiger partial charge in [-0.1, -0.05) is 25.3 Å². The van der Waals surface area contributed by atoms with Gasteiger partial charge in [0.15, 0.2) is 0 Å². The van der Waals surface area contributed by atoms with E-state index in [9.17, 15) is 9.18 Å². The molecule has 1 aliphatic rings. The predicted molar refractivity (Wildman–Crippen MR) is 123 cm³/mol. The number of aryl methyl sites for hydroxylation is 2. The number of allylic oxidation sites excluding steroid dienone is 1. The van der Waals surface area contributed by atoms with E-state index in [4.69, 9.17) is 0 Å². The fourth-order valence-corrected chi connectivity index (χ4v) is 3.30. The van der Waals surface area contributed by atoms with Gasteiger partial charge < -0.3 is 16.0 Å². The molecule has 6 heteroatoms. The molecule has 2 aromatic rings. The second kappa shape index (κ2) is 17.2. The molecule has 1 fully saturated rings. The molecule has 1 aliphatic carbocycles. The monoisotopic (exact) mass is 489 g/mol. The van der Waals surface area contributed by atoms with E-state index in [2.05, 4.69) is 48.3 Å². The van der Waals surface area contributed by atoms with E-state index in [0.29, 0.717) is 5.92 Å². The van der Waals surface area contributed by atoms with Crippen molar-refractivity contribution in [3.05, 3.63) is 52.7 Å². The first-order valence-corrected chi connectivity index (χ1v) is 9.79. The fraction of sp³-hybridized carbons (Fsp3) is 0.458. The van der Waals surface area contributed by atoms with Crippen molar-refractivity contribution >= 4 is 16.8 Å². The summed E-state index contributed by atoms with van der Waals surface area (Å²) in [5.74, 6) is 5.34. The Kier molecular flexibility index (Phi) is 17.6. The third-order valence-electron chi connectivity index (χ3n) is 4.46. The Hall–Kier alpha value is -1.48. The van der Waals surface area contributed by atoms with E-state index in [-0.39, 0.29) is 44.4 Å². The molecule has 3 rings (SSSR count). The first-order chi connectivity index (χ1) is 13.7. The molecule has 1 radical (unpaired) electrons.